The van der Waals surface area contributed by atoms with Crippen LogP contribution in [0.15, 0.2) is 72.8 Å². The average molecular weight is 719 g/mol. The fourth-order valence-electron chi connectivity index (χ4n) is 11.4. The Morgan fingerprint density at radius 3 is 2.21 bits per heavy atom. The normalized spacial score (nSPS) is 32.7. The summed E-state index contributed by atoms with van der Waals surface area (Å²) in [6.45, 7) is 6.21. The van der Waals surface area contributed by atoms with Gasteiger partial charge >= 0.3 is 6.03 Å². The Morgan fingerprint density at radius 1 is 0.755 bits per heavy atom. The van der Waals surface area contributed by atoms with Crippen LogP contribution in [0.3, 0.4) is 0 Å². The van der Waals surface area contributed by atoms with Gasteiger partial charge in [-0.2, -0.15) is 0 Å². The summed E-state index contributed by atoms with van der Waals surface area (Å²) in [5.74, 6) is 2.40. The highest BCUT2D eigenvalue weighted by Gasteiger charge is 2.51. The first-order chi connectivity index (χ1) is 26.0. The molecule has 0 spiro atoms. The summed E-state index contributed by atoms with van der Waals surface area (Å²) in [5, 5.41) is 16.3. The number of carbonyl (C=O) groups excluding carboxylic acids is 1. The number of hydrogen-bond acceptors (Lipinski definition) is 6. The fraction of sp³-hybridized carbons (Fsp3) is 0.578. The van der Waals surface area contributed by atoms with Crippen LogP contribution in [-0.2, 0) is 22.6 Å². The van der Waals surface area contributed by atoms with Crippen LogP contribution in [0, 0.1) is 17.8 Å². The molecule has 3 N–H and O–H groups in total. The van der Waals surface area contributed by atoms with E-state index in [9.17, 15) is 9.90 Å². The maximum absolute atomic E-state index is 13.2. The number of carbonyl (C=O) groups is 1. The smallest absolute Gasteiger partial charge is 0.315 e. The zero-order valence-corrected chi connectivity index (χ0v) is 31.3. The number of benzene rings is 3. The SMILES string of the molecule is O=C(NCc1cccc(-c2cccc([C@H]3O[C@@H](CN4CCC[C@H]4CN4CCCC4)C[C@@H](c4ccc(CO)cc4)O3)c2)c1)NC12CC3CC(CC(C3)C1)C2. The highest BCUT2D eigenvalue weighted by molar-refractivity contribution is 5.75. The molecule has 8 nitrogen and oxygen atoms in total. The lowest BCUT2D eigenvalue weighted by molar-refractivity contribution is -0.253. The molecule has 2 amide bonds. The van der Waals surface area contributed by atoms with E-state index in [-0.39, 0.29) is 30.4 Å². The van der Waals surface area contributed by atoms with E-state index in [2.05, 4.69) is 81.1 Å². The van der Waals surface area contributed by atoms with Crippen molar-refractivity contribution < 1.29 is 19.4 Å². The molecule has 3 aromatic carbocycles. The Morgan fingerprint density at radius 2 is 1.47 bits per heavy atom. The first kappa shape index (κ1) is 35.4. The average Bonchev–Trinajstić information content (AvgIpc) is 3.86. The van der Waals surface area contributed by atoms with Crippen molar-refractivity contribution in [3.8, 4) is 11.1 Å². The Hall–Kier alpha value is -3.27. The first-order valence-corrected chi connectivity index (χ1v) is 20.7. The molecule has 4 aliphatic carbocycles. The van der Waals surface area contributed by atoms with Gasteiger partial charge in [-0.25, -0.2) is 4.79 Å². The summed E-state index contributed by atoms with van der Waals surface area (Å²) >= 11 is 0. The van der Waals surface area contributed by atoms with Crippen molar-refractivity contribution >= 4 is 6.03 Å². The van der Waals surface area contributed by atoms with Gasteiger partial charge in [0.2, 0.25) is 0 Å². The Labute approximate surface area is 315 Å². The minimum atomic E-state index is -0.492. The van der Waals surface area contributed by atoms with Gasteiger partial charge in [-0.3, -0.25) is 4.90 Å². The molecule has 282 valence electrons. The zero-order valence-electron chi connectivity index (χ0n) is 31.3. The lowest BCUT2D eigenvalue weighted by Gasteiger charge is -2.56. The molecule has 3 aromatic rings. The van der Waals surface area contributed by atoms with Gasteiger partial charge in [0.25, 0.3) is 0 Å². The van der Waals surface area contributed by atoms with Crippen LogP contribution in [-0.4, -0.2) is 71.3 Å². The summed E-state index contributed by atoms with van der Waals surface area (Å²) in [4.78, 5) is 18.5. The number of rotatable bonds is 11. The zero-order chi connectivity index (χ0) is 35.8. The molecule has 4 atom stereocenters. The summed E-state index contributed by atoms with van der Waals surface area (Å²) in [6, 6.07) is 25.8. The van der Waals surface area contributed by atoms with Crippen LogP contribution in [0.4, 0.5) is 4.79 Å². The Balaban J connectivity index is 0.883. The number of aliphatic hydroxyl groups excluding tert-OH is 1. The first-order valence-electron chi connectivity index (χ1n) is 20.7. The number of urea groups is 1. The van der Waals surface area contributed by atoms with Crippen LogP contribution in [0.1, 0.15) is 105 Å². The van der Waals surface area contributed by atoms with E-state index < -0.39 is 6.29 Å². The molecule has 10 rings (SSSR count). The fourth-order valence-corrected chi connectivity index (χ4v) is 11.4. The minimum absolute atomic E-state index is 0.00899. The lowest BCUT2D eigenvalue weighted by atomic mass is 9.53. The molecule has 8 heteroatoms. The number of ether oxygens (including phenoxy) is 2. The van der Waals surface area contributed by atoms with Gasteiger partial charge in [-0.1, -0.05) is 60.7 Å². The van der Waals surface area contributed by atoms with Crippen molar-refractivity contribution in [3.63, 3.8) is 0 Å². The van der Waals surface area contributed by atoms with Crippen LogP contribution >= 0.6 is 0 Å². The molecule has 4 saturated carbocycles. The summed E-state index contributed by atoms with van der Waals surface area (Å²) < 4.78 is 13.6. The van der Waals surface area contributed by atoms with E-state index in [1.807, 2.05) is 12.1 Å². The van der Waals surface area contributed by atoms with Gasteiger partial charge in [0.15, 0.2) is 6.29 Å². The maximum atomic E-state index is 13.2. The van der Waals surface area contributed by atoms with E-state index in [1.165, 1.54) is 64.6 Å². The largest absolute Gasteiger partial charge is 0.392 e. The standard InChI is InChI=1S/C45H58N4O4/c50-30-31-11-13-36(14-12-31)42-23-41(29-49-17-5-10-40(49)28-48-15-1-2-16-48)52-43(53-42)39-9-4-8-38(22-39)37-7-3-6-32(21-37)27-46-44(51)47-45-24-33-18-34(25-45)20-35(19-33)26-45/h3-4,6-9,11-14,21-22,33-35,40-43,50H,1-2,5,10,15-20,23-30H2,(H2,46,47,51)/t33?,34?,35?,40-,41+,42-,43-,45?/m0/s1. The highest BCUT2D eigenvalue weighted by Crippen LogP contribution is 2.55. The molecule has 0 aromatic heterocycles. The van der Waals surface area contributed by atoms with E-state index >= 15 is 0 Å². The number of aliphatic hydroxyl groups is 1. The third-order valence-corrected chi connectivity index (χ3v) is 13.5. The summed E-state index contributed by atoms with van der Waals surface area (Å²) in [6.07, 6.45) is 13.0. The second-order valence-corrected chi connectivity index (χ2v) is 17.5. The Bertz CT molecular complexity index is 1690. The van der Waals surface area contributed by atoms with Gasteiger partial charge in [-0.15, -0.1) is 0 Å². The summed E-state index contributed by atoms with van der Waals surface area (Å²) in [7, 11) is 0. The second-order valence-electron chi connectivity index (χ2n) is 17.5. The number of amides is 2. The predicted octanol–water partition coefficient (Wildman–Crippen LogP) is 7.72. The topological polar surface area (TPSA) is 86.3 Å². The molecule has 53 heavy (non-hydrogen) atoms. The van der Waals surface area contributed by atoms with Crippen molar-refractivity contribution in [2.75, 3.05) is 32.7 Å². The molecule has 7 aliphatic rings. The van der Waals surface area contributed by atoms with Gasteiger partial charge in [0, 0.05) is 43.2 Å². The van der Waals surface area contributed by atoms with Gasteiger partial charge < -0.3 is 30.1 Å². The molecule has 3 aliphatic heterocycles. The van der Waals surface area contributed by atoms with E-state index in [4.69, 9.17) is 9.47 Å². The molecular weight excluding hydrogens is 661 g/mol. The van der Waals surface area contributed by atoms with Crippen LogP contribution in [0.25, 0.3) is 11.1 Å². The highest BCUT2D eigenvalue weighted by atomic mass is 16.7. The minimum Gasteiger partial charge on any atom is -0.392 e. The third kappa shape index (κ3) is 8.08. The van der Waals surface area contributed by atoms with E-state index in [0.717, 1.165) is 89.9 Å². The molecule has 0 unspecified atom stereocenters. The monoisotopic (exact) mass is 718 g/mol. The van der Waals surface area contributed by atoms with Crippen molar-refractivity contribution in [3.05, 3.63) is 95.1 Å². The number of nitrogens with zero attached hydrogens (tertiary/aromatic N) is 2. The maximum Gasteiger partial charge on any atom is 0.315 e. The van der Waals surface area contributed by atoms with Crippen LogP contribution in [0.5, 0.6) is 0 Å². The molecular formula is C45H58N4O4. The van der Waals surface area contributed by atoms with Gasteiger partial charge in [0.1, 0.15) is 0 Å². The van der Waals surface area contributed by atoms with E-state index in [0.29, 0.717) is 12.6 Å². The Kier molecular flexibility index (Phi) is 10.3. The summed E-state index contributed by atoms with van der Waals surface area (Å²) in [5.41, 5.74) is 6.35. The van der Waals surface area contributed by atoms with Crippen molar-refractivity contribution in [2.24, 2.45) is 17.8 Å². The molecule has 0 radical (unpaired) electrons. The van der Waals surface area contributed by atoms with Gasteiger partial charge in [0.05, 0.1) is 18.8 Å². The van der Waals surface area contributed by atoms with Crippen molar-refractivity contribution in [1.82, 2.24) is 20.4 Å². The van der Waals surface area contributed by atoms with Crippen LogP contribution in [0.2, 0.25) is 0 Å². The van der Waals surface area contributed by atoms with Crippen molar-refractivity contribution in [2.45, 2.75) is 114 Å². The van der Waals surface area contributed by atoms with Gasteiger partial charge in [-0.05, 0) is 142 Å². The number of likely N-dealkylation sites (tertiary alicyclic amines) is 2. The quantitative estimate of drug-likeness (QED) is 0.188. The number of nitrogens with one attached hydrogen (secondary N) is 2. The molecule has 3 saturated heterocycles. The third-order valence-electron chi connectivity index (χ3n) is 13.5. The predicted molar refractivity (Wildman–Crippen MR) is 207 cm³/mol. The van der Waals surface area contributed by atoms with E-state index in [1.54, 1.807) is 0 Å². The molecule has 4 bridgehead atoms. The van der Waals surface area contributed by atoms with Crippen LogP contribution < -0.4 is 10.6 Å². The molecule has 3 heterocycles. The second kappa shape index (κ2) is 15.5. The lowest BCUT2D eigenvalue weighted by Crippen LogP contribution is -2.61. The molecule has 7 fully saturated rings. The van der Waals surface area contributed by atoms with Crippen molar-refractivity contribution in [1.29, 1.82) is 0 Å². The number of hydrogen-bond donors (Lipinski definition) is 3.